The third-order valence-electron chi connectivity index (χ3n) is 17.1. The lowest BCUT2D eigenvalue weighted by Gasteiger charge is -2.47. The van der Waals surface area contributed by atoms with Crippen molar-refractivity contribution in [2.75, 3.05) is 69.4 Å². The predicted molar refractivity (Wildman–Crippen MR) is 364 cm³/mol. The Kier molecular flexibility index (Phi) is 30.6. The van der Waals surface area contributed by atoms with E-state index in [2.05, 4.69) is 68.1 Å². The van der Waals surface area contributed by atoms with Crippen molar-refractivity contribution in [1.82, 2.24) is 66.7 Å². The second-order valence-corrected chi connectivity index (χ2v) is 28.9. The van der Waals surface area contributed by atoms with E-state index >= 15 is 4.79 Å². The number of nitrogen functional groups attached to an aromatic ring is 1. The number of imidazole rings is 1. The lowest BCUT2D eigenvalue weighted by Crippen LogP contribution is -2.65. The van der Waals surface area contributed by atoms with Crippen LogP contribution in [0.2, 0.25) is 0 Å². The molecule has 10 unspecified atom stereocenters. The fourth-order valence-electron chi connectivity index (χ4n) is 11.1. The maximum atomic E-state index is 15.2. The Balaban J connectivity index is 1.07. The number of aromatic nitrogens is 6. The van der Waals surface area contributed by atoms with Crippen molar-refractivity contribution >= 4 is 92.7 Å². The molecule has 4 aromatic rings. The van der Waals surface area contributed by atoms with Gasteiger partial charge in [0.1, 0.15) is 100 Å². The molecular formula is C60H91N18O22S3+. The summed E-state index contributed by atoms with van der Waals surface area (Å²) in [6.07, 6.45) is -20.4. The first kappa shape index (κ1) is 82.5. The molecule has 0 bridgehead atoms. The highest BCUT2D eigenvalue weighted by molar-refractivity contribution is 7.96. The zero-order valence-electron chi connectivity index (χ0n) is 56.8. The molecule has 3 fully saturated rings. The molecule has 25 N–H and O–H groups in total. The average Bonchev–Trinajstić information content (AvgIpc) is 1.15. The average molecular weight is 1510 g/mol. The number of nitrogens with one attached hydrogen (secondary N) is 7. The summed E-state index contributed by atoms with van der Waals surface area (Å²) in [6.45, 7) is 4.64. The largest absolute Gasteiger partial charge is 0.441 e. The molecule has 4 aromatic heterocycles. The van der Waals surface area contributed by atoms with Crippen molar-refractivity contribution < 1.29 is 108 Å². The molecule has 9 amide bonds. The molecule has 0 radical (unpaired) electrons. The lowest BCUT2D eigenvalue weighted by molar-refractivity contribution is -0.372. The Morgan fingerprint density at radius 1 is 0.796 bits per heavy atom. The van der Waals surface area contributed by atoms with E-state index in [0.717, 1.165) is 44.2 Å². The van der Waals surface area contributed by atoms with E-state index in [-0.39, 0.29) is 70.8 Å². The van der Waals surface area contributed by atoms with Crippen molar-refractivity contribution in [1.29, 1.82) is 0 Å². The van der Waals surface area contributed by atoms with Crippen LogP contribution < -0.4 is 60.6 Å². The van der Waals surface area contributed by atoms with E-state index in [1.807, 2.05) is 4.90 Å². The van der Waals surface area contributed by atoms with Crippen molar-refractivity contribution in [3.8, 4) is 10.7 Å². The minimum Gasteiger partial charge on any atom is -0.441 e. The fourth-order valence-corrected chi connectivity index (χ4v) is 14.1. The number of amides is 9. The van der Waals surface area contributed by atoms with Crippen molar-refractivity contribution in [2.24, 2.45) is 28.9 Å². The van der Waals surface area contributed by atoms with Gasteiger partial charge in [0, 0.05) is 68.3 Å². The Morgan fingerprint density at radius 2 is 1.49 bits per heavy atom. The molecule has 103 heavy (non-hydrogen) atoms. The highest BCUT2D eigenvalue weighted by Gasteiger charge is 2.54. The Hall–Kier alpha value is -7.83. The highest BCUT2D eigenvalue weighted by atomic mass is 32.2. The van der Waals surface area contributed by atoms with E-state index in [0.29, 0.717) is 34.4 Å². The molecule has 3 aliphatic rings. The van der Waals surface area contributed by atoms with E-state index in [9.17, 15) is 79.2 Å². The molecule has 0 saturated carbocycles. The standard InChI is InChI=1S/C60H90N18O22S3/c1-24-38(74-51(77-49(24)63)29(15-35(62)82)69-16-28(61)50(64)89)55(93)76-40(46(30-17-66-23-70-30)98-59-48(44(87)42(85)33(18-79)97-59)99-58-45(88)47(100-60(65)95)43(86)34(19-80)96-58)56(94)71-26(3)41(84)25(2)52(90)75-39(27(4)81)54(92)68-11-9-36-72-32(21-101-36)57-73-31(20-102-57)53(91)67-10-8-14-103(5)22-37(83)78-12-6-7-13-78/h17,20-21,23,25-29,33-34,39-48,58-59,69,79-81,84-88H,6-16,18-19,22,61H2,1-5H3,(H13-,62,63,64,65,66,67,68,70,71,74,75,76,77,82,89,90,91,92,93,94,95)/p+1/t25?,26?,27?,28?,29?,33-,34+,39?,40?,41?,42+,43+,44+,45-,46?,47+,48-,58+,59-,103?/m0/s1. The van der Waals surface area contributed by atoms with Gasteiger partial charge in [0.15, 0.2) is 24.4 Å². The summed E-state index contributed by atoms with van der Waals surface area (Å²) in [5, 5.41) is 108. The zero-order valence-corrected chi connectivity index (χ0v) is 59.2. The second-order valence-electron chi connectivity index (χ2n) is 24.8. The number of nitrogens with two attached hydrogens (primary N) is 5. The van der Waals surface area contributed by atoms with Crippen molar-refractivity contribution in [2.45, 2.75) is 170 Å². The highest BCUT2D eigenvalue weighted by Crippen LogP contribution is 2.35. The Morgan fingerprint density at radius 3 is 2.13 bits per heavy atom. The van der Waals surface area contributed by atoms with E-state index < -0.39 is 183 Å². The van der Waals surface area contributed by atoms with Crippen molar-refractivity contribution in [3.05, 3.63) is 56.8 Å². The number of nitrogens with zero attached hydrogens (tertiary/aromatic N) is 6. The molecule has 20 atom stereocenters. The van der Waals surface area contributed by atoms with Gasteiger partial charge in [-0.1, -0.05) is 6.92 Å². The number of carbonyl (C=O) groups excluding carboxylic acids is 9. The summed E-state index contributed by atoms with van der Waals surface area (Å²) in [7, 11) is -0.118. The van der Waals surface area contributed by atoms with Crippen LogP contribution in [0.25, 0.3) is 10.7 Å². The first-order valence-corrected chi connectivity index (χ1v) is 36.4. The zero-order chi connectivity index (χ0) is 75.7. The number of aliphatic hydroxyl groups excluding tert-OH is 8. The third-order valence-corrected chi connectivity index (χ3v) is 20.5. The monoisotopic (exact) mass is 1510 g/mol. The van der Waals surface area contributed by atoms with Crippen LogP contribution in [0.1, 0.15) is 102 Å². The molecule has 7 heterocycles. The van der Waals surface area contributed by atoms with Crippen LogP contribution in [0.3, 0.4) is 0 Å². The number of hydrogen-bond donors (Lipinski definition) is 20. The van der Waals surface area contributed by atoms with Crippen LogP contribution in [-0.4, -0.2) is 290 Å². The summed E-state index contributed by atoms with van der Waals surface area (Å²) in [4.78, 5) is 146. The van der Waals surface area contributed by atoms with E-state index in [4.69, 9.17) is 52.4 Å². The molecule has 3 aliphatic heterocycles. The van der Waals surface area contributed by atoms with Gasteiger partial charge in [0.25, 0.3) is 17.7 Å². The van der Waals surface area contributed by atoms with Gasteiger partial charge in [-0.2, -0.15) is 0 Å². The van der Waals surface area contributed by atoms with Gasteiger partial charge >= 0.3 is 6.09 Å². The first-order chi connectivity index (χ1) is 48.8. The van der Waals surface area contributed by atoms with Crippen LogP contribution in [0, 0.1) is 12.8 Å². The van der Waals surface area contributed by atoms with Crippen LogP contribution in [0.5, 0.6) is 0 Å². The molecule has 7 rings (SSSR count). The maximum absolute atomic E-state index is 15.2. The number of hydrogen-bond acceptors (Lipinski definition) is 32. The minimum atomic E-state index is -2.20. The van der Waals surface area contributed by atoms with Gasteiger partial charge in [0.05, 0.1) is 78.9 Å². The van der Waals surface area contributed by atoms with E-state index in [1.54, 1.807) is 10.8 Å². The molecule has 0 aliphatic carbocycles. The first-order valence-electron chi connectivity index (χ1n) is 32.6. The number of ether oxygens (including phenoxy) is 5. The van der Waals surface area contributed by atoms with Gasteiger partial charge < -0.3 is 135 Å². The number of carbonyl (C=O) groups is 9. The number of primary amides is 3. The lowest BCUT2D eigenvalue weighted by atomic mass is 9.96. The molecule has 40 nitrogen and oxygen atoms in total. The normalized spacial score (nSPS) is 24.2. The number of anilines is 1. The molecule has 0 spiro atoms. The molecule has 570 valence electrons. The summed E-state index contributed by atoms with van der Waals surface area (Å²) >= 11 is 2.49. The molecular weight excluding hydrogens is 1420 g/mol. The number of aliphatic hydroxyl groups is 8. The van der Waals surface area contributed by atoms with Crippen molar-refractivity contribution in [3.63, 3.8) is 0 Å². The van der Waals surface area contributed by atoms with Gasteiger partial charge in [-0.05, 0) is 44.5 Å². The Labute approximate surface area is 600 Å². The number of H-pyrrole nitrogens is 1. The SMILES string of the molecule is Cc1c(N)nc(C(CC(N)=O)NCC(N)C(N)=O)nc1C(=O)NC(C(=O)NC(C)C(O)C(C)C(=O)NC(C(=O)NCCc1nc(-c2nc(C(=O)NCCC[S+](C)CC(=O)N3CCCC3)cs2)cs1)C(C)O)C(O[C@@H]1O[C@@H](CO)[C@@H](O)[C@@H](O)[C@@H]1O[C@H]1O[C@H](CO)[C@@H](O)[C@@H](OC(N)=O)[C@@H]1O)c1cnc[nH]1. The van der Waals surface area contributed by atoms with Crippen LogP contribution in [0.15, 0.2) is 23.3 Å². The molecule has 3 saturated heterocycles. The summed E-state index contributed by atoms with van der Waals surface area (Å²) in [5.41, 5.74) is 28.0. The topological polar surface area (TPSA) is 647 Å². The summed E-state index contributed by atoms with van der Waals surface area (Å²) < 4.78 is 28.8. The quantitative estimate of drug-likeness (QED) is 0.0147. The Bertz CT molecular complexity index is 3540. The molecule has 0 aromatic carbocycles. The predicted octanol–water partition coefficient (Wildman–Crippen LogP) is -7.71. The van der Waals surface area contributed by atoms with Gasteiger partial charge in [-0.25, -0.2) is 29.7 Å². The number of thiazole rings is 2. The van der Waals surface area contributed by atoms with Gasteiger partial charge in [-0.3, -0.25) is 38.4 Å². The summed E-state index contributed by atoms with van der Waals surface area (Å²) in [6, 6.07) is -7.89. The fraction of sp³-hybridized carbons (Fsp3) is 0.633. The third kappa shape index (κ3) is 22.1. The number of rotatable bonds is 37. The molecule has 43 heteroatoms. The van der Waals surface area contributed by atoms with Crippen LogP contribution >= 0.6 is 22.7 Å². The second kappa shape index (κ2) is 38.3. The smallest absolute Gasteiger partial charge is 0.404 e. The van der Waals surface area contributed by atoms with Gasteiger partial charge in [0.2, 0.25) is 29.5 Å². The van der Waals surface area contributed by atoms with Gasteiger partial charge in [-0.15, -0.1) is 22.7 Å². The number of aromatic amines is 1. The van der Waals surface area contributed by atoms with E-state index in [1.165, 1.54) is 50.4 Å². The van der Waals surface area contributed by atoms with Crippen LogP contribution in [0.4, 0.5) is 10.6 Å². The summed E-state index contributed by atoms with van der Waals surface area (Å²) in [5.74, 6) is -7.32. The minimum absolute atomic E-state index is 0.0242. The maximum Gasteiger partial charge on any atom is 0.404 e. The van der Waals surface area contributed by atoms with Crippen LogP contribution in [-0.2, 0) is 69.8 Å². The number of likely N-dealkylation sites (tertiary alicyclic amines) is 1.